The van der Waals surface area contributed by atoms with Gasteiger partial charge in [-0.15, -0.1) is 0 Å². The molecule has 0 bridgehead atoms. The number of amides is 1. The smallest absolute Gasteiger partial charge is 0.254 e. The van der Waals surface area contributed by atoms with E-state index in [2.05, 4.69) is 6.92 Å². The number of carbonyl (C=O) groups is 1. The maximum Gasteiger partial charge on any atom is 0.254 e. The van der Waals surface area contributed by atoms with Crippen molar-refractivity contribution in [2.24, 2.45) is 11.1 Å². The molecule has 1 fully saturated rings. The van der Waals surface area contributed by atoms with Gasteiger partial charge in [-0.3, -0.25) is 4.79 Å². The van der Waals surface area contributed by atoms with E-state index in [1.807, 2.05) is 11.8 Å². The first-order chi connectivity index (χ1) is 10.9. The minimum absolute atomic E-state index is 0.00623. The zero-order chi connectivity index (χ0) is 17.0. The predicted molar refractivity (Wildman–Crippen MR) is 91.5 cm³/mol. The number of nitrogens with two attached hydrogens (primary N) is 1. The van der Waals surface area contributed by atoms with Gasteiger partial charge in [0, 0.05) is 18.7 Å². The third-order valence-corrected chi connectivity index (χ3v) is 4.55. The van der Waals surface area contributed by atoms with Crippen molar-refractivity contribution in [2.45, 2.75) is 26.7 Å². The molecule has 1 aliphatic heterocycles. The summed E-state index contributed by atoms with van der Waals surface area (Å²) in [6.45, 7) is 6.61. The van der Waals surface area contributed by atoms with Crippen molar-refractivity contribution in [3.63, 3.8) is 0 Å². The van der Waals surface area contributed by atoms with Crippen LogP contribution in [0, 0.1) is 5.41 Å². The van der Waals surface area contributed by atoms with Crippen LogP contribution in [0.4, 0.5) is 0 Å². The highest BCUT2D eigenvalue weighted by Gasteiger charge is 2.35. The molecule has 1 saturated heterocycles. The van der Waals surface area contributed by atoms with Gasteiger partial charge in [0.15, 0.2) is 11.5 Å². The number of ether oxygens (including phenoxy) is 2. The average molecular weight is 341 g/mol. The largest absolute Gasteiger partial charge is 0.493 e. The summed E-state index contributed by atoms with van der Waals surface area (Å²) in [6, 6.07) is 3.34. The van der Waals surface area contributed by atoms with Crippen LogP contribution in [0.2, 0.25) is 5.02 Å². The summed E-state index contributed by atoms with van der Waals surface area (Å²) in [7, 11) is 1.54. The standard InChI is InChI=1S/C17H25ClN2O3/c1-4-7-23-15-13(18)8-12(9-14(15)22-3)16(21)20-6-5-17(2,10-19)11-20/h8-9H,4-7,10-11,19H2,1-3H3. The van der Waals surface area contributed by atoms with Crippen molar-refractivity contribution in [3.8, 4) is 11.5 Å². The number of rotatable bonds is 6. The lowest BCUT2D eigenvalue weighted by Gasteiger charge is -2.23. The molecule has 1 aromatic rings. The van der Waals surface area contributed by atoms with Gasteiger partial charge >= 0.3 is 0 Å². The first-order valence-electron chi connectivity index (χ1n) is 7.94. The fourth-order valence-electron chi connectivity index (χ4n) is 2.73. The molecule has 6 heteroatoms. The van der Waals surface area contributed by atoms with E-state index < -0.39 is 0 Å². The molecular formula is C17H25ClN2O3. The van der Waals surface area contributed by atoms with Crippen LogP contribution in [0.3, 0.4) is 0 Å². The van der Waals surface area contributed by atoms with Crippen LogP contribution in [0.1, 0.15) is 37.0 Å². The monoisotopic (exact) mass is 340 g/mol. The van der Waals surface area contributed by atoms with E-state index in [1.165, 1.54) is 0 Å². The molecule has 128 valence electrons. The number of nitrogens with zero attached hydrogens (tertiary/aromatic N) is 1. The van der Waals surface area contributed by atoms with Crippen LogP contribution in [0.5, 0.6) is 11.5 Å². The summed E-state index contributed by atoms with van der Waals surface area (Å²) in [5.41, 5.74) is 6.31. The summed E-state index contributed by atoms with van der Waals surface area (Å²) in [4.78, 5) is 14.6. The van der Waals surface area contributed by atoms with Crippen molar-refractivity contribution in [3.05, 3.63) is 22.7 Å². The lowest BCUT2D eigenvalue weighted by atomic mass is 9.90. The van der Waals surface area contributed by atoms with Crippen molar-refractivity contribution >= 4 is 17.5 Å². The van der Waals surface area contributed by atoms with E-state index in [-0.39, 0.29) is 11.3 Å². The Morgan fingerprint density at radius 1 is 1.48 bits per heavy atom. The molecule has 0 radical (unpaired) electrons. The van der Waals surface area contributed by atoms with Gasteiger partial charge in [0.25, 0.3) is 5.91 Å². The maximum atomic E-state index is 12.7. The van der Waals surface area contributed by atoms with E-state index >= 15 is 0 Å². The van der Waals surface area contributed by atoms with E-state index in [1.54, 1.807) is 19.2 Å². The second-order valence-corrected chi connectivity index (χ2v) is 6.74. The van der Waals surface area contributed by atoms with E-state index in [4.69, 9.17) is 26.8 Å². The number of benzene rings is 1. The first kappa shape index (κ1) is 17.9. The summed E-state index contributed by atoms with van der Waals surface area (Å²) in [5.74, 6) is 0.917. The second-order valence-electron chi connectivity index (χ2n) is 6.33. The third-order valence-electron chi connectivity index (χ3n) is 4.26. The summed E-state index contributed by atoms with van der Waals surface area (Å²) >= 11 is 6.29. The molecule has 1 aliphatic rings. The molecule has 0 aromatic heterocycles. The molecule has 1 amide bonds. The van der Waals surface area contributed by atoms with Gasteiger partial charge in [0.05, 0.1) is 18.7 Å². The molecule has 2 N–H and O–H groups in total. The zero-order valence-electron chi connectivity index (χ0n) is 14.0. The first-order valence-corrected chi connectivity index (χ1v) is 8.31. The lowest BCUT2D eigenvalue weighted by molar-refractivity contribution is 0.0776. The van der Waals surface area contributed by atoms with Gasteiger partial charge in [-0.2, -0.15) is 0 Å². The molecule has 0 spiro atoms. The molecule has 2 rings (SSSR count). The predicted octanol–water partition coefficient (Wildman–Crippen LogP) is 2.95. The Bertz CT molecular complexity index is 579. The molecule has 0 saturated carbocycles. The van der Waals surface area contributed by atoms with Crippen LogP contribution >= 0.6 is 11.6 Å². The summed E-state index contributed by atoms with van der Waals surface area (Å²) < 4.78 is 11.0. The maximum absolute atomic E-state index is 12.7. The molecule has 23 heavy (non-hydrogen) atoms. The molecule has 1 aromatic carbocycles. The lowest BCUT2D eigenvalue weighted by Crippen LogP contribution is -2.34. The van der Waals surface area contributed by atoms with Gasteiger partial charge in [-0.05, 0) is 36.9 Å². The Morgan fingerprint density at radius 2 is 2.22 bits per heavy atom. The SMILES string of the molecule is CCCOc1c(Cl)cc(C(=O)N2CCC(C)(CN)C2)cc1OC. The number of hydrogen-bond donors (Lipinski definition) is 1. The average Bonchev–Trinajstić information content (AvgIpc) is 2.95. The van der Waals surface area contributed by atoms with Crippen LogP contribution in [0.25, 0.3) is 0 Å². The topological polar surface area (TPSA) is 64.8 Å². The fraction of sp³-hybridized carbons (Fsp3) is 0.588. The quantitative estimate of drug-likeness (QED) is 0.864. The van der Waals surface area contributed by atoms with Crippen LogP contribution in [-0.2, 0) is 0 Å². The van der Waals surface area contributed by atoms with Gasteiger partial charge in [-0.1, -0.05) is 25.4 Å². The molecule has 1 heterocycles. The zero-order valence-corrected chi connectivity index (χ0v) is 14.8. The van der Waals surface area contributed by atoms with E-state index in [0.717, 1.165) is 12.8 Å². The number of likely N-dealkylation sites (tertiary alicyclic amines) is 1. The highest BCUT2D eigenvalue weighted by molar-refractivity contribution is 6.32. The second kappa shape index (κ2) is 7.41. The minimum atomic E-state index is -0.0515. The van der Waals surface area contributed by atoms with Crippen molar-refractivity contribution < 1.29 is 14.3 Å². The number of halogens is 1. The molecular weight excluding hydrogens is 316 g/mol. The Labute approximate surface area is 142 Å². The Kier molecular flexibility index (Phi) is 5.76. The van der Waals surface area contributed by atoms with Crippen LogP contribution < -0.4 is 15.2 Å². The van der Waals surface area contributed by atoms with Crippen molar-refractivity contribution in [1.82, 2.24) is 4.90 Å². The molecule has 0 aliphatic carbocycles. The fourth-order valence-corrected chi connectivity index (χ4v) is 3.00. The van der Waals surface area contributed by atoms with Gasteiger partial charge in [0.2, 0.25) is 0 Å². The number of methoxy groups -OCH3 is 1. The van der Waals surface area contributed by atoms with Crippen molar-refractivity contribution in [2.75, 3.05) is 33.4 Å². The molecule has 1 atom stereocenters. The van der Waals surface area contributed by atoms with E-state index in [0.29, 0.717) is 48.3 Å². The highest BCUT2D eigenvalue weighted by Crippen LogP contribution is 2.37. The number of hydrogen-bond acceptors (Lipinski definition) is 4. The molecule has 1 unspecified atom stereocenters. The molecule has 5 nitrogen and oxygen atoms in total. The third kappa shape index (κ3) is 3.90. The Balaban J connectivity index is 2.23. The van der Waals surface area contributed by atoms with Gasteiger partial charge in [0.1, 0.15) is 0 Å². The summed E-state index contributed by atoms with van der Waals surface area (Å²) in [6.07, 6.45) is 1.78. The minimum Gasteiger partial charge on any atom is -0.493 e. The number of carbonyl (C=O) groups excluding carboxylic acids is 1. The summed E-state index contributed by atoms with van der Waals surface area (Å²) in [5, 5.41) is 0.391. The van der Waals surface area contributed by atoms with Crippen LogP contribution in [0.15, 0.2) is 12.1 Å². The van der Waals surface area contributed by atoms with E-state index in [9.17, 15) is 4.79 Å². The van der Waals surface area contributed by atoms with Crippen molar-refractivity contribution in [1.29, 1.82) is 0 Å². The normalized spacial score (nSPS) is 20.7. The van der Waals surface area contributed by atoms with Gasteiger partial charge < -0.3 is 20.1 Å². The van der Waals surface area contributed by atoms with Gasteiger partial charge in [-0.25, -0.2) is 0 Å². The van der Waals surface area contributed by atoms with Crippen LogP contribution in [-0.4, -0.2) is 44.2 Å². The Morgan fingerprint density at radius 3 is 2.78 bits per heavy atom. The highest BCUT2D eigenvalue weighted by atomic mass is 35.5. The Hall–Kier alpha value is -1.46.